The molecule has 1 heterocycles. The second-order valence-corrected chi connectivity index (χ2v) is 6.30. The Balaban J connectivity index is 1.57. The van der Waals surface area contributed by atoms with Crippen LogP contribution in [0, 0.1) is 0 Å². The highest BCUT2D eigenvalue weighted by molar-refractivity contribution is 7.80. The van der Waals surface area contributed by atoms with Crippen LogP contribution in [0.25, 0.3) is 0 Å². The van der Waals surface area contributed by atoms with Crippen molar-refractivity contribution in [2.24, 2.45) is 0 Å². The zero-order valence-electron chi connectivity index (χ0n) is 14.1. The highest BCUT2D eigenvalue weighted by atomic mass is 32.1. The maximum atomic E-state index is 12.3. The lowest BCUT2D eigenvalue weighted by Crippen LogP contribution is -2.46. The van der Waals surface area contributed by atoms with Crippen molar-refractivity contribution in [1.29, 1.82) is 0 Å². The van der Waals surface area contributed by atoms with Gasteiger partial charge in [0.1, 0.15) is 6.54 Å². The Morgan fingerprint density at radius 1 is 1.00 bits per heavy atom. The summed E-state index contributed by atoms with van der Waals surface area (Å²) in [5, 5.41) is 5.65. The molecular weight excluding hydrogens is 350 g/mol. The normalized spacial score (nSPS) is 14.0. The van der Waals surface area contributed by atoms with Crippen LogP contribution < -0.4 is 10.6 Å². The smallest absolute Gasteiger partial charge is 0.262 e. The number of carbonyl (C=O) groups excluding carboxylic acids is 3. The molecule has 0 bridgehead atoms. The van der Waals surface area contributed by atoms with E-state index in [1.165, 1.54) is 0 Å². The van der Waals surface area contributed by atoms with Crippen LogP contribution in [0.5, 0.6) is 0 Å². The highest BCUT2D eigenvalue weighted by Gasteiger charge is 2.36. The maximum Gasteiger partial charge on any atom is 0.262 e. The average Bonchev–Trinajstić information content (AvgIpc) is 2.87. The number of imide groups is 1. The van der Waals surface area contributed by atoms with Crippen molar-refractivity contribution in [3.8, 4) is 0 Å². The molecule has 0 fully saturated rings. The Labute approximate surface area is 156 Å². The minimum Gasteiger partial charge on any atom is -0.356 e. The van der Waals surface area contributed by atoms with Crippen molar-refractivity contribution in [3.05, 3.63) is 71.3 Å². The number of nitrogens with zero attached hydrogens (tertiary/aromatic N) is 1. The summed E-state index contributed by atoms with van der Waals surface area (Å²) >= 11 is 5.14. The lowest BCUT2D eigenvalue weighted by Gasteiger charge is -2.18. The van der Waals surface area contributed by atoms with Crippen molar-refractivity contribution < 1.29 is 14.4 Å². The number of hydrogen-bond acceptors (Lipinski definition) is 4. The monoisotopic (exact) mass is 367 g/mol. The van der Waals surface area contributed by atoms with E-state index in [0.717, 1.165) is 10.5 Å². The van der Waals surface area contributed by atoms with Gasteiger partial charge in [0.25, 0.3) is 11.8 Å². The fourth-order valence-electron chi connectivity index (χ4n) is 2.75. The van der Waals surface area contributed by atoms with Gasteiger partial charge in [-0.1, -0.05) is 42.5 Å². The van der Waals surface area contributed by atoms with Crippen LogP contribution in [0.2, 0.25) is 0 Å². The summed E-state index contributed by atoms with van der Waals surface area (Å²) < 4.78 is 0. The first kappa shape index (κ1) is 17.8. The Bertz CT molecular complexity index is 848. The SMILES string of the molecule is CC(NC(=S)NC(=O)CN1C(=O)c2ccccc2C1=O)c1ccccc1. The molecule has 0 aliphatic carbocycles. The van der Waals surface area contributed by atoms with Gasteiger partial charge in [0.05, 0.1) is 17.2 Å². The molecule has 0 aromatic heterocycles. The molecule has 0 saturated carbocycles. The molecular formula is C19H17N3O3S. The molecule has 3 amide bonds. The summed E-state index contributed by atoms with van der Waals surface area (Å²) in [7, 11) is 0. The average molecular weight is 367 g/mol. The third-order valence-corrected chi connectivity index (χ3v) is 4.30. The third kappa shape index (κ3) is 3.62. The summed E-state index contributed by atoms with van der Waals surface area (Å²) in [6, 6.07) is 16.0. The van der Waals surface area contributed by atoms with E-state index in [1.807, 2.05) is 37.3 Å². The minimum absolute atomic E-state index is 0.0942. The lowest BCUT2D eigenvalue weighted by molar-refractivity contribution is -0.120. The zero-order valence-corrected chi connectivity index (χ0v) is 14.9. The van der Waals surface area contributed by atoms with Gasteiger partial charge in [0, 0.05) is 0 Å². The number of hydrogen-bond donors (Lipinski definition) is 2. The molecule has 132 valence electrons. The number of thiocarbonyl (C=S) groups is 1. The van der Waals surface area contributed by atoms with E-state index in [9.17, 15) is 14.4 Å². The van der Waals surface area contributed by atoms with Gasteiger partial charge in [-0.25, -0.2) is 0 Å². The van der Waals surface area contributed by atoms with E-state index in [4.69, 9.17) is 12.2 Å². The number of carbonyl (C=O) groups is 3. The summed E-state index contributed by atoms with van der Waals surface area (Å²) in [6.07, 6.45) is 0. The van der Waals surface area contributed by atoms with Gasteiger partial charge in [-0.05, 0) is 36.8 Å². The van der Waals surface area contributed by atoms with Gasteiger partial charge in [0.15, 0.2) is 5.11 Å². The first-order valence-corrected chi connectivity index (χ1v) is 8.48. The van der Waals surface area contributed by atoms with Gasteiger partial charge in [-0.2, -0.15) is 0 Å². The molecule has 2 aromatic rings. The number of nitrogens with one attached hydrogen (secondary N) is 2. The van der Waals surface area contributed by atoms with Gasteiger partial charge in [-0.15, -0.1) is 0 Å². The zero-order chi connectivity index (χ0) is 18.7. The van der Waals surface area contributed by atoms with Crippen LogP contribution in [0.3, 0.4) is 0 Å². The van der Waals surface area contributed by atoms with Crippen LogP contribution in [0.1, 0.15) is 39.2 Å². The van der Waals surface area contributed by atoms with E-state index in [-0.39, 0.29) is 17.7 Å². The molecule has 2 N–H and O–H groups in total. The molecule has 0 spiro atoms. The molecule has 1 unspecified atom stereocenters. The molecule has 0 saturated heterocycles. The molecule has 1 aliphatic rings. The molecule has 2 aromatic carbocycles. The van der Waals surface area contributed by atoms with E-state index < -0.39 is 17.7 Å². The Kier molecular flexibility index (Phi) is 5.09. The fraction of sp³-hybridized carbons (Fsp3) is 0.158. The predicted octanol–water partition coefficient (Wildman–Crippen LogP) is 2.03. The lowest BCUT2D eigenvalue weighted by atomic mass is 10.1. The summed E-state index contributed by atoms with van der Waals surface area (Å²) in [6.45, 7) is 1.53. The first-order chi connectivity index (χ1) is 12.5. The highest BCUT2D eigenvalue weighted by Crippen LogP contribution is 2.21. The molecule has 26 heavy (non-hydrogen) atoms. The fourth-order valence-corrected chi connectivity index (χ4v) is 3.04. The Morgan fingerprint density at radius 3 is 2.12 bits per heavy atom. The van der Waals surface area contributed by atoms with Crippen LogP contribution in [0.15, 0.2) is 54.6 Å². The van der Waals surface area contributed by atoms with E-state index in [2.05, 4.69) is 10.6 Å². The van der Waals surface area contributed by atoms with Gasteiger partial charge in [0.2, 0.25) is 5.91 Å². The Hall–Kier alpha value is -3.06. The minimum atomic E-state index is -0.530. The van der Waals surface area contributed by atoms with Crippen LogP contribution in [-0.4, -0.2) is 34.3 Å². The second-order valence-electron chi connectivity index (χ2n) is 5.90. The van der Waals surface area contributed by atoms with Crippen molar-refractivity contribution in [2.45, 2.75) is 13.0 Å². The number of amides is 3. The van der Waals surface area contributed by atoms with Crippen molar-refractivity contribution >= 4 is 35.1 Å². The van der Waals surface area contributed by atoms with Gasteiger partial charge >= 0.3 is 0 Å². The topological polar surface area (TPSA) is 78.5 Å². The standard InChI is InChI=1S/C19H17N3O3S/c1-12(13-7-3-2-4-8-13)20-19(26)21-16(23)11-22-17(24)14-9-5-6-10-15(14)18(22)25/h2-10,12H,11H2,1H3,(H2,20,21,23,26). The van der Waals surface area contributed by atoms with Crippen LogP contribution >= 0.6 is 12.2 Å². The Morgan fingerprint density at radius 2 is 1.54 bits per heavy atom. The summed E-state index contributed by atoms with van der Waals surface area (Å²) in [5.41, 5.74) is 1.64. The van der Waals surface area contributed by atoms with Crippen LogP contribution in [0.4, 0.5) is 0 Å². The largest absolute Gasteiger partial charge is 0.356 e. The summed E-state index contributed by atoms with van der Waals surface area (Å²) in [4.78, 5) is 37.6. The molecule has 7 heteroatoms. The number of rotatable bonds is 4. The molecule has 0 radical (unpaired) electrons. The van der Waals surface area contributed by atoms with Gasteiger partial charge < -0.3 is 10.6 Å². The van der Waals surface area contributed by atoms with Crippen molar-refractivity contribution in [1.82, 2.24) is 15.5 Å². The number of fused-ring (bicyclic) bond motifs is 1. The van der Waals surface area contributed by atoms with E-state index in [0.29, 0.717) is 11.1 Å². The molecule has 6 nitrogen and oxygen atoms in total. The van der Waals surface area contributed by atoms with Crippen molar-refractivity contribution in [3.63, 3.8) is 0 Å². The van der Waals surface area contributed by atoms with Gasteiger partial charge in [-0.3, -0.25) is 19.3 Å². The second kappa shape index (κ2) is 7.45. The molecule has 1 atom stereocenters. The summed E-state index contributed by atoms with van der Waals surface area (Å²) in [5.74, 6) is -1.48. The first-order valence-electron chi connectivity index (χ1n) is 8.08. The third-order valence-electron chi connectivity index (χ3n) is 4.08. The van der Waals surface area contributed by atoms with Crippen molar-refractivity contribution in [2.75, 3.05) is 6.54 Å². The molecule has 3 rings (SSSR count). The maximum absolute atomic E-state index is 12.3. The number of benzene rings is 2. The van der Waals surface area contributed by atoms with E-state index >= 15 is 0 Å². The molecule has 1 aliphatic heterocycles. The predicted molar refractivity (Wildman–Crippen MR) is 101 cm³/mol. The van der Waals surface area contributed by atoms with E-state index in [1.54, 1.807) is 24.3 Å². The quantitative estimate of drug-likeness (QED) is 0.639. The van der Waals surface area contributed by atoms with Crippen LogP contribution in [-0.2, 0) is 4.79 Å².